The summed E-state index contributed by atoms with van der Waals surface area (Å²) in [5.74, 6) is 0. The highest BCUT2D eigenvalue weighted by molar-refractivity contribution is 7.80. The Kier molecular flexibility index (Phi) is 5.13. The predicted molar refractivity (Wildman–Crippen MR) is 101 cm³/mol. The van der Waals surface area contributed by atoms with Gasteiger partial charge in [0, 0.05) is 12.1 Å². The van der Waals surface area contributed by atoms with Gasteiger partial charge in [0.25, 0.3) is 0 Å². The quantitative estimate of drug-likeness (QED) is 0.754. The first-order valence-electron chi connectivity index (χ1n) is 8.45. The maximum Gasteiger partial charge on any atom is 0.167 e. The normalized spacial score (nSPS) is 22.5. The average molecular weight is 327 g/mol. The molecule has 0 unspecified atom stereocenters. The van der Waals surface area contributed by atoms with Crippen LogP contribution in [0.5, 0.6) is 0 Å². The smallest absolute Gasteiger partial charge is 0.167 e. The molecular formula is C19H25N3S. The maximum atomic E-state index is 6.18. The fourth-order valence-electron chi connectivity index (χ4n) is 3.31. The van der Waals surface area contributed by atoms with Gasteiger partial charge in [0.1, 0.15) is 0 Å². The molecule has 2 aromatic rings. The van der Waals surface area contributed by atoms with Gasteiger partial charge in [-0.3, -0.25) is 0 Å². The zero-order valence-electron chi connectivity index (χ0n) is 13.6. The van der Waals surface area contributed by atoms with E-state index in [0.29, 0.717) is 11.2 Å². The van der Waals surface area contributed by atoms with Gasteiger partial charge in [-0.15, -0.1) is 0 Å². The standard InChI is InChI=1S/C19H25N3S/c1-13(15-11-10-14-6-2-3-7-16(14)12-15)21-19(23)22-18-9-5-4-8-17(18)20/h2-3,6-7,10-13,17-18H,4-5,8-9,20H2,1H3,(H2,21,22,23)/t13-,17-,18-/m0/s1. The second kappa shape index (κ2) is 7.28. The van der Waals surface area contributed by atoms with E-state index in [2.05, 4.69) is 60.0 Å². The maximum absolute atomic E-state index is 6.18. The Bertz CT molecular complexity index is 685. The minimum atomic E-state index is 0.166. The van der Waals surface area contributed by atoms with Crippen molar-refractivity contribution in [2.75, 3.05) is 0 Å². The summed E-state index contributed by atoms with van der Waals surface area (Å²) in [6.07, 6.45) is 4.65. The molecule has 3 nitrogen and oxygen atoms in total. The van der Waals surface area contributed by atoms with Gasteiger partial charge in [-0.05, 0) is 54.4 Å². The van der Waals surface area contributed by atoms with Crippen LogP contribution in [0, 0.1) is 0 Å². The third-order valence-electron chi connectivity index (χ3n) is 4.76. The zero-order valence-corrected chi connectivity index (χ0v) is 14.4. The molecule has 0 amide bonds. The van der Waals surface area contributed by atoms with E-state index in [4.69, 9.17) is 18.0 Å². The van der Waals surface area contributed by atoms with Crippen molar-refractivity contribution in [3.63, 3.8) is 0 Å². The average Bonchev–Trinajstić information content (AvgIpc) is 2.56. The number of nitrogens with one attached hydrogen (secondary N) is 2. The highest BCUT2D eigenvalue weighted by atomic mass is 32.1. The Morgan fingerprint density at radius 1 is 1.13 bits per heavy atom. The summed E-state index contributed by atoms with van der Waals surface area (Å²) < 4.78 is 0. The Hall–Kier alpha value is -1.65. The molecule has 122 valence electrons. The molecule has 2 aromatic carbocycles. The molecule has 0 heterocycles. The first-order chi connectivity index (χ1) is 11.1. The van der Waals surface area contributed by atoms with Crippen molar-refractivity contribution in [2.24, 2.45) is 5.73 Å². The number of fused-ring (bicyclic) bond motifs is 1. The molecule has 0 aromatic heterocycles. The fourth-order valence-corrected chi connectivity index (χ4v) is 3.63. The SMILES string of the molecule is C[C@H](NC(=S)N[C@H]1CCCC[C@@H]1N)c1ccc2ccccc2c1. The van der Waals surface area contributed by atoms with Gasteiger partial charge in [0.2, 0.25) is 0 Å². The van der Waals surface area contributed by atoms with Crippen LogP contribution in [-0.4, -0.2) is 17.2 Å². The van der Waals surface area contributed by atoms with Crippen LogP contribution in [0.3, 0.4) is 0 Å². The minimum absolute atomic E-state index is 0.166. The summed E-state index contributed by atoms with van der Waals surface area (Å²) in [5, 5.41) is 10.0. The van der Waals surface area contributed by atoms with Crippen LogP contribution < -0.4 is 16.4 Å². The third-order valence-corrected chi connectivity index (χ3v) is 4.99. The molecular weight excluding hydrogens is 302 g/mol. The predicted octanol–water partition coefficient (Wildman–Crippen LogP) is 3.63. The summed E-state index contributed by atoms with van der Waals surface area (Å²) in [5.41, 5.74) is 7.42. The number of rotatable bonds is 3. The number of nitrogens with two attached hydrogens (primary N) is 1. The van der Waals surface area contributed by atoms with Gasteiger partial charge < -0.3 is 16.4 Å². The monoisotopic (exact) mass is 327 g/mol. The van der Waals surface area contributed by atoms with E-state index in [9.17, 15) is 0 Å². The van der Waals surface area contributed by atoms with Crippen LogP contribution >= 0.6 is 12.2 Å². The van der Waals surface area contributed by atoms with E-state index < -0.39 is 0 Å². The van der Waals surface area contributed by atoms with Crippen LogP contribution in [0.4, 0.5) is 0 Å². The second-order valence-electron chi connectivity index (χ2n) is 6.50. The Morgan fingerprint density at radius 2 is 1.87 bits per heavy atom. The Balaban J connectivity index is 1.62. The van der Waals surface area contributed by atoms with E-state index in [1.54, 1.807) is 0 Å². The topological polar surface area (TPSA) is 50.1 Å². The summed E-state index contributed by atoms with van der Waals surface area (Å²) in [7, 11) is 0. The molecule has 0 radical (unpaired) electrons. The van der Waals surface area contributed by atoms with Crippen LogP contribution in [-0.2, 0) is 0 Å². The summed E-state index contributed by atoms with van der Waals surface area (Å²) in [6.45, 7) is 2.14. The third kappa shape index (κ3) is 4.01. The minimum Gasteiger partial charge on any atom is -0.358 e. The van der Waals surface area contributed by atoms with E-state index in [-0.39, 0.29) is 12.1 Å². The molecule has 1 aliphatic rings. The lowest BCUT2D eigenvalue weighted by molar-refractivity contribution is 0.358. The van der Waals surface area contributed by atoms with E-state index >= 15 is 0 Å². The zero-order chi connectivity index (χ0) is 16.2. The van der Waals surface area contributed by atoms with Gasteiger partial charge in [-0.25, -0.2) is 0 Å². The number of benzene rings is 2. The molecule has 3 rings (SSSR count). The largest absolute Gasteiger partial charge is 0.358 e. The lowest BCUT2D eigenvalue weighted by Gasteiger charge is -2.31. The van der Waals surface area contributed by atoms with Crippen LogP contribution in [0.2, 0.25) is 0 Å². The Morgan fingerprint density at radius 3 is 2.65 bits per heavy atom. The summed E-state index contributed by atoms with van der Waals surface area (Å²) in [4.78, 5) is 0. The van der Waals surface area contributed by atoms with Gasteiger partial charge in [-0.1, -0.05) is 49.2 Å². The van der Waals surface area contributed by atoms with E-state index in [0.717, 1.165) is 12.8 Å². The number of hydrogen-bond acceptors (Lipinski definition) is 2. The molecule has 1 fully saturated rings. The lowest BCUT2D eigenvalue weighted by Crippen LogP contribution is -2.52. The first-order valence-corrected chi connectivity index (χ1v) is 8.85. The first kappa shape index (κ1) is 16.2. The molecule has 1 aliphatic carbocycles. The molecule has 4 N–H and O–H groups in total. The van der Waals surface area contributed by atoms with Crippen LogP contribution in [0.1, 0.15) is 44.2 Å². The van der Waals surface area contributed by atoms with Gasteiger partial charge in [-0.2, -0.15) is 0 Å². The fraction of sp³-hybridized carbons (Fsp3) is 0.421. The van der Waals surface area contributed by atoms with Crippen molar-refractivity contribution in [1.82, 2.24) is 10.6 Å². The molecule has 1 saturated carbocycles. The highest BCUT2D eigenvalue weighted by Gasteiger charge is 2.22. The summed E-state index contributed by atoms with van der Waals surface area (Å²) >= 11 is 5.48. The van der Waals surface area contributed by atoms with Crippen molar-refractivity contribution in [2.45, 2.75) is 50.7 Å². The van der Waals surface area contributed by atoms with Crippen LogP contribution in [0.25, 0.3) is 10.8 Å². The molecule has 0 aliphatic heterocycles. The van der Waals surface area contributed by atoms with Crippen molar-refractivity contribution >= 4 is 28.1 Å². The van der Waals surface area contributed by atoms with Crippen LogP contribution in [0.15, 0.2) is 42.5 Å². The van der Waals surface area contributed by atoms with E-state index in [1.165, 1.54) is 29.2 Å². The Labute approximate surface area is 143 Å². The van der Waals surface area contributed by atoms with Gasteiger partial charge in [0.15, 0.2) is 5.11 Å². The molecule has 0 saturated heterocycles. The van der Waals surface area contributed by atoms with E-state index in [1.807, 2.05) is 0 Å². The summed E-state index contributed by atoms with van der Waals surface area (Å²) in [6, 6.07) is 15.6. The van der Waals surface area contributed by atoms with Gasteiger partial charge >= 0.3 is 0 Å². The molecule has 3 atom stereocenters. The number of thiocarbonyl (C=S) groups is 1. The molecule has 4 heteroatoms. The lowest BCUT2D eigenvalue weighted by atomic mass is 9.91. The molecule has 0 spiro atoms. The molecule has 23 heavy (non-hydrogen) atoms. The van der Waals surface area contributed by atoms with Gasteiger partial charge in [0.05, 0.1) is 6.04 Å². The highest BCUT2D eigenvalue weighted by Crippen LogP contribution is 2.21. The molecule has 0 bridgehead atoms. The van der Waals surface area contributed by atoms with Crippen molar-refractivity contribution < 1.29 is 0 Å². The second-order valence-corrected chi connectivity index (χ2v) is 6.91. The number of hydrogen-bond donors (Lipinski definition) is 3. The van der Waals surface area contributed by atoms with Crippen molar-refractivity contribution in [3.05, 3.63) is 48.0 Å². The van der Waals surface area contributed by atoms with Crippen molar-refractivity contribution in [3.8, 4) is 0 Å². The van der Waals surface area contributed by atoms with Crippen molar-refractivity contribution in [1.29, 1.82) is 0 Å².